The molecule has 128 valence electrons. The van der Waals surface area contributed by atoms with Crippen molar-refractivity contribution in [1.82, 2.24) is 14.7 Å². The Morgan fingerprint density at radius 3 is 2.96 bits per heavy atom. The summed E-state index contributed by atoms with van der Waals surface area (Å²) in [5.74, 6) is 0.802. The molecule has 0 fully saturated rings. The molecule has 0 saturated carbocycles. The summed E-state index contributed by atoms with van der Waals surface area (Å²) in [6.07, 6.45) is 1.63. The molecule has 0 bridgehead atoms. The minimum Gasteiger partial charge on any atom is -0.360 e. The zero-order chi connectivity index (χ0) is 17.8. The lowest BCUT2D eigenvalue weighted by atomic mass is 10.2. The fourth-order valence-corrected chi connectivity index (χ4v) is 3.09. The number of amides is 1. The molecule has 8 heteroatoms. The Balaban J connectivity index is 1.82. The van der Waals surface area contributed by atoms with Gasteiger partial charge in [-0.25, -0.2) is 4.98 Å². The highest BCUT2D eigenvalue weighted by Gasteiger charge is 2.13. The first-order valence-corrected chi connectivity index (χ1v) is 8.53. The Morgan fingerprint density at radius 2 is 2.24 bits per heavy atom. The number of thioether (sulfide) groups is 1. The Morgan fingerprint density at radius 1 is 1.44 bits per heavy atom. The molecule has 0 aliphatic rings. The van der Waals surface area contributed by atoms with E-state index in [2.05, 4.69) is 22.0 Å². The number of carbonyl (C=O) groups is 1. The van der Waals surface area contributed by atoms with Crippen LogP contribution in [0.1, 0.15) is 5.76 Å². The lowest BCUT2D eigenvalue weighted by Crippen LogP contribution is -2.23. The van der Waals surface area contributed by atoms with Crippen molar-refractivity contribution in [2.75, 3.05) is 11.1 Å². The SMILES string of the molecule is C=CCn1c(SCC(=O)Nc2cc(C)on2)nc2ccccc2c1=O. The van der Waals surface area contributed by atoms with Crippen molar-refractivity contribution in [1.29, 1.82) is 0 Å². The van der Waals surface area contributed by atoms with E-state index in [9.17, 15) is 9.59 Å². The van der Waals surface area contributed by atoms with E-state index in [-0.39, 0.29) is 17.2 Å². The molecule has 3 aromatic rings. The van der Waals surface area contributed by atoms with Crippen LogP contribution in [0.3, 0.4) is 0 Å². The number of aryl methyl sites for hydroxylation is 1. The highest BCUT2D eigenvalue weighted by atomic mass is 32.2. The Labute approximate surface area is 147 Å². The molecule has 7 nitrogen and oxygen atoms in total. The summed E-state index contributed by atoms with van der Waals surface area (Å²) in [7, 11) is 0. The number of carbonyl (C=O) groups excluding carboxylic acids is 1. The molecule has 25 heavy (non-hydrogen) atoms. The topological polar surface area (TPSA) is 90.0 Å². The second-order valence-electron chi connectivity index (χ2n) is 5.28. The van der Waals surface area contributed by atoms with E-state index in [1.54, 1.807) is 37.3 Å². The van der Waals surface area contributed by atoms with Crippen molar-refractivity contribution >= 4 is 34.4 Å². The maximum Gasteiger partial charge on any atom is 0.262 e. The van der Waals surface area contributed by atoms with E-state index < -0.39 is 0 Å². The third kappa shape index (κ3) is 3.80. The largest absolute Gasteiger partial charge is 0.360 e. The Kier molecular flexibility index (Phi) is 4.99. The predicted molar refractivity (Wildman–Crippen MR) is 96.8 cm³/mol. The van der Waals surface area contributed by atoms with Crippen LogP contribution in [-0.4, -0.2) is 26.4 Å². The van der Waals surface area contributed by atoms with Crippen LogP contribution < -0.4 is 10.9 Å². The monoisotopic (exact) mass is 356 g/mol. The van der Waals surface area contributed by atoms with Crippen LogP contribution in [0, 0.1) is 6.92 Å². The molecule has 0 unspecified atom stereocenters. The van der Waals surface area contributed by atoms with Gasteiger partial charge in [0.25, 0.3) is 5.56 Å². The number of anilines is 1. The van der Waals surface area contributed by atoms with Crippen molar-refractivity contribution in [3.63, 3.8) is 0 Å². The summed E-state index contributed by atoms with van der Waals surface area (Å²) in [6.45, 7) is 5.74. The minimum absolute atomic E-state index is 0.0911. The number of fused-ring (bicyclic) bond motifs is 1. The molecule has 3 rings (SSSR count). The highest BCUT2D eigenvalue weighted by molar-refractivity contribution is 7.99. The smallest absolute Gasteiger partial charge is 0.262 e. The number of nitrogens with one attached hydrogen (secondary N) is 1. The Hall–Kier alpha value is -2.87. The third-order valence-corrected chi connectivity index (χ3v) is 4.34. The van der Waals surface area contributed by atoms with E-state index >= 15 is 0 Å². The van der Waals surface area contributed by atoms with Crippen LogP contribution in [0.2, 0.25) is 0 Å². The molecular formula is C17H16N4O3S. The van der Waals surface area contributed by atoms with E-state index in [0.29, 0.717) is 34.2 Å². The van der Waals surface area contributed by atoms with Gasteiger partial charge in [-0.3, -0.25) is 14.2 Å². The van der Waals surface area contributed by atoms with Crippen LogP contribution in [0.4, 0.5) is 5.82 Å². The van der Waals surface area contributed by atoms with Gasteiger partial charge >= 0.3 is 0 Å². The number of nitrogens with zero attached hydrogens (tertiary/aromatic N) is 3. The van der Waals surface area contributed by atoms with Gasteiger partial charge in [0.15, 0.2) is 11.0 Å². The standard InChI is InChI=1S/C17H16N4O3S/c1-3-8-21-16(23)12-6-4-5-7-13(12)18-17(21)25-10-15(22)19-14-9-11(2)24-20-14/h3-7,9H,1,8,10H2,2H3,(H,19,20,22). The number of aromatic nitrogens is 3. The molecule has 1 amide bonds. The molecule has 2 aromatic heterocycles. The first kappa shape index (κ1) is 17.0. The lowest BCUT2D eigenvalue weighted by molar-refractivity contribution is -0.113. The van der Waals surface area contributed by atoms with Gasteiger partial charge in [-0.1, -0.05) is 35.1 Å². The minimum atomic E-state index is -0.258. The van der Waals surface area contributed by atoms with Gasteiger partial charge in [0, 0.05) is 12.6 Å². The summed E-state index contributed by atoms with van der Waals surface area (Å²) in [5.41, 5.74) is 0.448. The average molecular weight is 356 g/mol. The molecule has 0 aliphatic heterocycles. The van der Waals surface area contributed by atoms with E-state index in [0.717, 1.165) is 0 Å². The number of hydrogen-bond donors (Lipinski definition) is 1. The first-order valence-electron chi connectivity index (χ1n) is 7.55. The normalized spacial score (nSPS) is 10.8. The fourth-order valence-electron chi connectivity index (χ4n) is 2.28. The fraction of sp³-hybridized carbons (Fsp3) is 0.176. The van der Waals surface area contributed by atoms with Crippen LogP contribution in [0.15, 0.2) is 57.5 Å². The van der Waals surface area contributed by atoms with Crippen LogP contribution in [-0.2, 0) is 11.3 Å². The van der Waals surface area contributed by atoms with Crippen molar-refractivity contribution in [3.05, 3.63) is 59.1 Å². The highest BCUT2D eigenvalue weighted by Crippen LogP contribution is 2.18. The molecule has 0 aliphatic carbocycles. The molecule has 0 radical (unpaired) electrons. The van der Waals surface area contributed by atoms with Gasteiger partial charge < -0.3 is 9.84 Å². The Bertz CT molecular complexity index is 993. The van der Waals surface area contributed by atoms with E-state index in [1.807, 2.05) is 6.07 Å². The number of allylic oxidation sites excluding steroid dienone is 1. The van der Waals surface area contributed by atoms with Crippen LogP contribution >= 0.6 is 11.8 Å². The third-order valence-electron chi connectivity index (χ3n) is 3.37. The quantitative estimate of drug-likeness (QED) is 0.415. The summed E-state index contributed by atoms with van der Waals surface area (Å²) < 4.78 is 6.41. The summed E-state index contributed by atoms with van der Waals surface area (Å²) in [5, 5.41) is 7.35. The number of para-hydroxylation sites is 1. The van der Waals surface area contributed by atoms with Gasteiger partial charge in [0.05, 0.1) is 16.7 Å². The molecule has 0 spiro atoms. The average Bonchev–Trinajstić information content (AvgIpc) is 3.01. The first-order chi connectivity index (χ1) is 12.1. The lowest BCUT2D eigenvalue weighted by Gasteiger charge is -2.11. The summed E-state index contributed by atoms with van der Waals surface area (Å²) in [6, 6.07) is 8.75. The van der Waals surface area contributed by atoms with Gasteiger partial charge in [-0.2, -0.15) is 0 Å². The van der Waals surface area contributed by atoms with Crippen molar-refractivity contribution < 1.29 is 9.32 Å². The molecule has 0 saturated heterocycles. The summed E-state index contributed by atoms with van der Waals surface area (Å²) in [4.78, 5) is 29.2. The van der Waals surface area contributed by atoms with Gasteiger partial charge in [-0.15, -0.1) is 6.58 Å². The van der Waals surface area contributed by atoms with Crippen molar-refractivity contribution in [3.8, 4) is 0 Å². The number of benzene rings is 1. The summed E-state index contributed by atoms with van der Waals surface area (Å²) >= 11 is 1.18. The second-order valence-corrected chi connectivity index (χ2v) is 6.22. The van der Waals surface area contributed by atoms with E-state index in [4.69, 9.17) is 4.52 Å². The molecule has 2 heterocycles. The van der Waals surface area contributed by atoms with Crippen molar-refractivity contribution in [2.45, 2.75) is 18.6 Å². The maximum absolute atomic E-state index is 12.6. The molecule has 1 aromatic carbocycles. The zero-order valence-electron chi connectivity index (χ0n) is 13.6. The van der Waals surface area contributed by atoms with Crippen LogP contribution in [0.5, 0.6) is 0 Å². The molecule has 0 atom stereocenters. The van der Waals surface area contributed by atoms with Gasteiger partial charge in [0.1, 0.15) is 5.76 Å². The van der Waals surface area contributed by atoms with Gasteiger partial charge in [-0.05, 0) is 19.1 Å². The van der Waals surface area contributed by atoms with Crippen LogP contribution in [0.25, 0.3) is 10.9 Å². The van der Waals surface area contributed by atoms with Crippen molar-refractivity contribution in [2.24, 2.45) is 0 Å². The predicted octanol–water partition coefficient (Wildman–Crippen LogP) is 2.61. The second kappa shape index (κ2) is 7.35. The van der Waals surface area contributed by atoms with E-state index in [1.165, 1.54) is 16.3 Å². The number of hydrogen-bond acceptors (Lipinski definition) is 6. The molecular weight excluding hydrogens is 340 g/mol. The molecule has 1 N–H and O–H groups in total. The number of rotatable bonds is 6. The zero-order valence-corrected chi connectivity index (χ0v) is 14.4. The maximum atomic E-state index is 12.6. The van der Waals surface area contributed by atoms with Gasteiger partial charge in [0.2, 0.25) is 5.91 Å².